The predicted molar refractivity (Wildman–Crippen MR) is 198 cm³/mol. The van der Waals surface area contributed by atoms with Gasteiger partial charge in [0, 0.05) is 75.6 Å². The van der Waals surface area contributed by atoms with Crippen molar-refractivity contribution in [2.45, 2.75) is 55.7 Å². The Hall–Kier alpha value is -4.52. The molecular weight excluding hydrogens is 710 g/mol. The molecule has 1 saturated heterocycles. The van der Waals surface area contributed by atoms with Crippen LogP contribution in [0.25, 0.3) is 22.0 Å². The highest BCUT2D eigenvalue weighted by Crippen LogP contribution is 2.32. The topological polar surface area (TPSA) is 54.8 Å². The zero-order valence-electron chi connectivity index (χ0n) is 44.8. The SMILES string of the molecule is [2H]c1c(C)c([2H])c2c(c1[2H])c(=O)c([2H])c(SCc1cccc(F)c1F)n2CC(=O)N(C([2H])([2H])c1ccc(-c2ccc(C(F)(F)F)cc2)cc1)C1([2H])C([2H])([2H])C([2H])([2H])N(C([2H])([2H])COC)C([2H])([2H])C1([2H])[2H]. The van der Waals surface area contributed by atoms with Crippen LogP contribution in [0.3, 0.4) is 0 Å². The number of methoxy groups -OCH3 is 1. The van der Waals surface area contributed by atoms with E-state index in [0.717, 1.165) is 73.8 Å². The molecule has 0 aliphatic carbocycles. The number of aromatic nitrogens is 1. The number of carbonyl (C=O) groups is 1. The third-order valence-corrected chi connectivity index (χ3v) is 8.70. The first-order valence-electron chi connectivity index (χ1n) is 24.1. The summed E-state index contributed by atoms with van der Waals surface area (Å²) in [6.45, 7) is -17.4. The molecule has 2 heterocycles. The maximum atomic E-state index is 15.5. The van der Waals surface area contributed by atoms with Crippen LogP contribution in [0.5, 0.6) is 0 Å². The van der Waals surface area contributed by atoms with E-state index in [1.54, 1.807) is 0 Å². The molecule has 4 aromatic carbocycles. The number of halogens is 5. The van der Waals surface area contributed by atoms with Gasteiger partial charge in [-0.15, -0.1) is 11.8 Å². The van der Waals surface area contributed by atoms with Gasteiger partial charge in [-0.25, -0.2) is 8.78 Å². The van der Waals surface area contributed by atoms with Gasteiger partial charge in [0.15, 0.2) is 17.1 Å². The Morgan fingerprint density at radius 2 is 1.72 bits per heavy atom. The van der Waals surface area contributed by atoms with Crippen LogP contribution in [0.2, 0.25) is 0 Å². The molecule has 1 amide bonds. The maximum Gasteiger partial charge on any atom is 0.416 e. The van der Waals surface area contributed by atoms with Gasteiger partial charge in [-0.1, -0.05) is 54.6 Å². The van der Waals surface area contributed by atoms with Crippen molar-refractivity contribution in [3.05, 3.63) is 135 Å². The number of alkyl halides is 3. The minimum absolute atomic E-state index is 0.121. The number of piperidine rings is 1. The number of thioether (sulfide) groups is 1. The number of nitrogens with zero attached hydrogens (tertiary/aromatic N) is 3. The quantitative estimate of drug-likeness (QED) is 0.0940. The molecule has 53 heavy (non-hydrogen) atoms. The lowest BCUT2D eigenvalue weighted by atomic mass is 10.00. The number of ether oxygens (including phenoxy) is 1. The van der Waals surface area contributed by atoms with Gasteiger partial charge in [-0.2, -0.15) is 13.2 Å². The van der Waals surface area contributed by atoms with Gasteiger partial charge in [-0.3, -0.25) is 9.59 Å². The van der Waals surface area contributed by atoms with Crippen molar-refractivity contribution >= 4 is 28.6 Å². The first-order valence-corrected chi connectivity index (χ1v) is 16.6. The molecule has 6 nitrogen and oxygen atoms in total. The van der Waals surface area contributed by atoms with Crippen LogP contribution in [0.15, 0.2) is 101 Å². The standard InChI is InChI=1S/C41H40F5N3O3S/c1-27-6-15-34-36(22-27)49(39(23-37(34)50)53-26-31-4-3-5-35(42)40(31)43)25-38(51)48(33-16-18-47(19-17-33)20-21-52-2)24-28-7-9-29(10-8-28)30-11-13-32(14-12-30)41(44,45)46/h3-15,22-23,33H,16-21,24-26H2,1-2H3/i6D,15D,16D2,17D2,18D2,19D2,20D2,22D,23D,24D2,33D. The van der Waals surface area contributed by atoms with Crippen LogP contribution < -0.4 is 5.43 Å². The summed E-state index contributed by atoms with van der Waals surface area (Å²) in [6, 6.07) is 2.80. The molecule has 12 heteroatoms. The van der Waals surface area contributed by atoms with Crippen molar-refractivity contribution in [1.82, 2.24) is 14.4 Å². The van der Waals surface area contributed by atoms with Crippen molar-refractivity contribution in [1.29, 1.82) is 0 Å². The Labute approximate surface area is 333 Å². The molecule has 6 rings (SSSR count). The molecule has 0 unspecified atom stereocenters. The summed E-state index contributed by atoms with van der Waals surface area (Å²) in [4.78, 5) is 28.4. The number of carbonyl (C=O) groups excluding carboxylic acids is 1. The van der Waals surface area contributed by atoms with Crippen LogP contribution in [0.4, 0.5) is 22.0 Å². The number of amides is 1. The summed E-state index contributed by atoms with van der Waals surface area (Å²) in [5.74, 6) is -5.28. The second-order valence-electron chi connectivity index (χ2n) is 11.3. The van der Waals surface area contributed by atoms with E-state index in [0.29, 0.717) is 16.3 Å². The second-order valence-corrected chi connectivity index (χ2v) is 12.3. The Morgan fingerprint density at radius 1 is 1.04 bits per heavy atom. The molecular formula is C41H40F5N3O3S. The van der Waals surface area contributed by atoms with E-state index in [-0.39, 0.29) is 22.3 Å². The summed E-state index contributed by atoms with van der Waals surface area (Å²) < 4.78 is 229. The monoisotopic (exact) mass is 766 g/mol. The first-order chi connectivity index (χ1) is 32.0. The van der Waals surface area contributed by atoms with Gasteiger partial charge in [0.05, 0.1) is 32.3 Å². The van der Waals surface area contributed by atoms with E-state index in [2.05, 4.69) is 0 Å². The zero-order chi connectivity index (χ0) is 52.9. The third-order valence-electron chi connectivity index (χ3n) is 7.65. The molecule has 1 aliphatic heterocycles. The fourth-order valence-electron chi connectivity index (χ4n) is 5.02. The number of benzene rings is 4. The van der Waals surface area contributed by atoms with Gasteiger partial charge >= 0.3 is 6.18 Å². The highest BCUT2D eigenvalue weighted by atomic mass is 32.2. The Bertz CT molecular complexity index is 2910. The smallest absolute Gasteiger partial charge is 0.383 e. The van der Waals surface area contributed by atoms with Crippen LogP contribution >= 0.6 is 11.8 Å². The van der Waals surface area contributed by atoms with Gasteiger partial charge in [0.2, 0.25) is 5.91 Å². The Morgan fingerprint density at radius 3 is 2.38 bits per heavy atom. The number of hydrogen-bond donors (Lipinski definition) is 0. The van der Waals surface area contributed by atoms with Gasteiger partial charge in [0.25, 0.3) is 0 Å². The number of rotatable bonds is 12. The highest BCUT2D eigenvalue weighted by molar-refractivity contribution is 7.98. The molecule has 0 spiro atoms. The second kappa shape index (κ2) is 16.7. The van der Waals surface area contributed by atoms with E-state index >= 15 is 4.79 Å². The molecule has 278 valence electrons. The average molecular weight is 767 g/mol. The lowest BCUT2D eigenvalue weighted by Gasteiger charge is -2.39. The third kappa shape index (κ3) is 9.17. The van der Waals surface area contributed by atoms with Gasteiger partial charge < -0.3 is 19.1 Å². The highest BCUT2D eigenvalue weighted by Gasteiger charge is 2.31. The van der Waals surface area contributed by atoms with Crippen molar-refractivity contribution < 1.29 is 54.8 Å². The molecule has 0 saturated carbocycles. The largest absolute Gasteiger partial charge is 0.416 e. The minimum atomic E-state index is -4.71. The van der Waals surface area contributed by atoms with Crippen LogP contribution in [0, 0.1) is 18.6 Å². The van der Waals surface area contributed by atoms with Crippen LogP contribution in [-0.4, -0.2) is 59.5 Å². The van der Waals surface area contributed by atoms with Crippen LogP contribution in [0.1, 0.15) is 58.3 Å². The van der Waals surface area contributed by atoms with Gasteiger partial charge in [-0.05, 0) is 72.2 Å². The Kier molecular flexibility index (Phi) is 6.91. The molecule has 0 bridgehead atoms. The van der Waals surface area contributed by atoms with E-state index in [4.69, 9.17) is 18.4 Å². The van der Waals surface area contributed by atoms with Crippen molar-refractivity contribution in [2.75, 3.05) is 33.2 Å². The van der Waals surface area contributed by atoms with Crippen molar-refractivity contribution in [2.24, 2.45) is 0 Å². The summed E-state index contributed by atoms with van der Waals surface area (Å²) >= 11 is 0.379. The lowest BCUT2D eigenvalue weighted by molar-refractivity contribution is -0.137. The molecule has 0 radical (unpaired) electrons. The fraction of sp³-hybridized carbons (Fsp3) is 0.317. The van der Waals surface area contributed by atoms with Crippen LogP contribution in [-0.2, 0) is 34.5 Å². The molecule has 0 atom stereocenters. The lowest BCUT2D eigenvalue weighted by Crippen LogP contribution is -2.48. The molecule has 0 N–H and O–H groups in total. The number of likely N-dealkylation sites (tertiary alicyclic amines) is 1. The number of hydrogen-bond acceptors (Lipinski definition) is 5. The molecule has 5 aromatic rings. The summed E-state index contributed by atoms with van der Waals surface area (Å²) in [7, 11) is 0.908. The van der Waals surface area contributed by atoms with E-state index in [1.807, 2.05) is 0 Å². The zero-order valence-corrected chi connectivity index (χ0v) is 28.7. The molecule has 1 fully saturated rings. The first kappa shape index (κ1) is 22.0. The van der Waals surface area contributed by atoms with E-state index in [1.165, 1.54) is 6.92 Å². The molecule has 1 aliphatic rings. The minimum Gasteiger partial charge on any atom is -0.383 e. The summed E-state index contributed by atoms with van der Waals surface area (Å²) in [5.41, 5.74) is -4.20. The number of pyridine rings is 1. The Balaban J connectivity index is 1.66. The number of fused-ring (bicyclic) bond motifs is 1. The average Bonchev–Trinajstić information content (AvgIpc) is 3.25. The van der Waals surface area contributed by atoms with Crippen molar-refractivity contribution in [3.8, 4) is 11.1 Å². The predicted octanol–water partition coefficient (Wildman–Crippen LogP) is 8.71. The maximum absolute atomic E-state index is 15.5. The normalized spacial score (nSPS) is 23.8. The van der Waals surface area contributed by atoms with Gasteiger partial charge in [0.1, 0.15) is 6.54 Å². The van der Waals surface area contributed by atoms with E-state index < -0.39 is 154 Å². The van der Waals surface area contributed by atoms with Crippen molar-refractivity contribution in [3.63, 3.8) is 0 Å². The summed E-state index contributed by atoms with van der Waals surface area (Å²) in [5, 5.41) is -1.51. The molecule has 1 aromatic heterocycles. The fourth-order valence-corrected chi connectivity index (χ4v) is 6.01. The van der Waals surface area contributed by atoms with E-state index in [9.17, 15) is 36.3 Å². The summed E-state index contributed by atoms with van der Waals surface area (Å²) in [6.07, 6.45) is -13.6.